The second kappa shape index (κ2) is 1.24. The van der Waals surface area contributed by atoms with Crippen molar-refractivity contribution in [1.82, 2.24) is 15.1 Å². The van der Waals surface area contributed by atoms with E-state index in [4.69, 9.17) is 0 Å². The molecule has 0 amide bonds. The maximum Gasteiger partial charge on any atom is 0.145 e. The standard InChI is InChI=1S/C5H6N3/c1-2-7-8-4-3-6-5(1)8/h1-2H,3-4H2. The summed E-state index contributed by atoms with van der Waals surface area (Å²) in [5.41, 5.74) is 0. The minimum Gasteiger partial charge on any atom is -0.265 e. The van der Waals surface area contributed by atoms with Crippen LogP contribution >= 0.6 is 0 Å². The molecule has 2 rings (SSSR count). The normalized spacial score (nSPS) is 15.5. The Morgan fingerprint density at radius 2 is 2.62 bits per heavy atom. The van der Waals surface area contributed by atoms with E-state index in [1.54, 1.807) is 6.20 Å². The SMILES string of the molecule is c1cc2n(n1)CC[N]2. The zero-order valence-electron chi connectivity index (χ0n) is 4.41. The van der Waals surface area contributed by atoms with Crippen molar-refractivity contribution in [3.63, 3.8) is 0 Å². The summed E-state index contributed by atoms with van der Waals surface area (Å²) in [5, 5.41) is 8.18. The molecule has 0 saturated heterocycles. The smallest absolute Gasteiger partial charge is 0.145 e. The van der Waals surface area contributed by atoms with Gasteiger partial charge in [0.25, 0.3) is 0 Å². The van der Waals surface area contributed by atoms with Crippen LogP contribution in [0.4, 0.5) is 5.82 Å². The maximum atomic E-state index is 4.16. The highest BCUT2D eigenvalue weighted by Gasteiger charge is 2.08. The van der Waals surface area contributed by atoms with Gasteiger partial charge in [0.2, 0.25) is 0 Å². The fraction of sp³-hybridized carbons (Fsp3) is 0.400. The van der Waals surface area contributed by atoms with Crippen molar-refractivity contribution in [3.8, 4) is 0 Å². The van der Waals surface area contributed by atoms with Crippen LogP contribution in [0.1, 0.15) is 0 Å². The molecule has 3 nitrogen and oxygen atoms in total. The van der Waals surface area contributed by atoms with Gasteiger partial charge >= 0.3 is 0 Å². The number of fused-ring (bicyclic) bond motifs is 1. The minimum atomic E-state index is 0.906. The number of nitrogens with zero attached hydrogens (tertiary/aromatic N) is 3. The van der Waals surface area contributed by atoms with Crippen molar-refractivity contribution in [2.45, 2.75) is 6.54 Å². The number of hydrogen-bond donors (Lipinski definition) is 0. The Hall–Kier alpha value is -0.990. The molecule has 1 aliphatic heterocycles. The third-order valence-corrected chi connectivity index (χ3v) is 1.28. The second-order valence-corrected chi connectivity index (χ2v) is 1.79. The molecule has 0 bridgehead atoms. The Labute approximate surface area is 47.3 Å². The van der Waals surface area contributed by atoms with E-state index in [0.717, 1.165) is 18.9 Å². The lowest BCUT2D eigenvalue weighted by Gasteiger charge is -1.85. The van der Waals surface area contributed by atoms with Crippen molar-refractivity contribution >= 4 is 5.82 Å². The average Bonchev–Trinajstić information content (AvgIpc) is 2.15. The van der Waals surface area contributed by atoms with Gasteiger partial charge in [0.05, 0.1) is 19.3 Å². The highest BCUT2D eigenvalue weighted by atomic mass is 15.4. The molecule has 1 aromatic heterocycles. The largest absolute Gasteiger partial charge is 0.265 e. The van der Waals surface area contributed by atoms with E-state index in [9.17, 15) is 0 Å². The Morgan fingerprint density at radius 3 is 3.50 bits per heavy atom. The van der Waals surface area contributed by atoms with E-state index >= 15 is 0 Å². The van der Waals surface area contributed by atoms with Gasteiger partial charge in [-0.25, -0.2) is 4.68 Å². The summed E-state index contributed by atoms with van der Waals surface area (Å²) in [7, 11) is 0. The van der Waals surface area contributed by atoms with Gasteiger partial charge in [-0.3, -0.25) is 5.32 Å². The van der Waals surface area contributed by atoms with E-state index in [-0.39, 0.29) is 0 Å². The second-order valence-electron chi connectivity index (χ2n) is 1.79. The van der Waals surface area contributed by atoms with Gasteiger partial charge in [-0.15, -0.1) is 0 Å². The van der Waals surface area contributed by atoms with Crippen molar-refractivity contribution in [2.24, 2.45) is 0 Å². The average molecular weight is 108 g/mol. The summed E-state index contributed by atoms with van der Waals surface area (Å²) in [6.07, 6.45) is 1.78. The maximum absolute atomic E-state index is 4.16. The topological polar surface area (TPSA) is 31.9 Å². The van der Waals surface area contributed by atoms with E-state index in [2.05, 4.69) is 10.4 Å². The molecular formula is C5H6N3. The zero-order chi connectivity index (χ0) is 5.40. The van der Waals surface area contributed by atoms with E-state index < -0.39 is 0 Å². The van der Waals surface area contributed by atoms with Crippen LogP contribution in [0.5, 0.6) is 0 Å². The molecule has 0 unspecified atom stereocenters. The minimum absolute atomic E-state index is 0.906. The van der Waals surface area contributed by atoms with Gasteiger partial charge in [-0.1, -0.05) is 0 Å². The molecule has 8 heavy (non-hydrogen) atoms. The van der Waals surface area contributed by atoms with Crippen LogP contribution in [-0.2, 0) is 6.54 Å². The first-order valence-electron chi connectivity index (χ1n) is 2.66. The van der Waals surface area contributed by atoms with Gasteiger partial charge in [0.15, 0.2) is 0 Å². The van der Waals surface area contributed by atoms with Crippen molar-refractivity contribution < 1.29 is 0 Å². The fourth-order valence-corrected chi connectivity index (χ4v) is 0.892. The molecule has 0 aromatic carbocycles. The molecule has 2 heterocycles. The molecule has 1 radical (unpaired) electrons. The highest BCUT2D eigenvalue weighted by molar-refractivity contribution is 5.26. The monoisotopic (exact) mass is 108 g/mol. The molecule has 1 aromatic rings. The first-order valence-corrected chi connectivity index (χ1v) is 2.66. The Morgan fingerprint density at radius 1 is 1.62 bits per heavy atom. The molecular weight excluding hydrogens is 102 g/mol. The van der Waals surface area contributed by atoms with Gasteiger partial charge in [0, 0.05) is 6.07 Å². The number of aromatic nitrogens is 2. The molecule has 41 valence electrons. The van der Waals surface area contributed by atoms with Crippen molar-refractivity contribution in [3.05, 3.63) is 12.3 Å². The van der Waals surface area contributed by atoms with Crippen LogP contribution < -0.4 is 5.32 Å². The zero-order valence-corrected chi connectivity index (χ0v) is 4.41. The highest BCUT2D eigenvalue weighted by Crippen LogP contribution is 2.10. The third-order valence-electron chi connectivity index (χ3n) is 1.28. The van der Waals surface area contributed by atoms with Gasteiger partial charge < -0.3 is 0 Å². The van der Waals surface area contributed by atoms with Crippen LogP contribution in [0.25, 0.3) is 0 Å². The number of rotatable bonds is 0. The molecule has 0 N–H and O–H groups in total. The molecule has 0 atom stereocenters. The van der Waals surface area contributed by atoms with Crippen LogP contribution in [0.2, 0.25) is 0 Å². The molecule has 0 saturated carbocycles. The van der Waals surface area contributed by atoms with E-state index in [0.29, 0.717) is 0 Å². The summed E-state index contributed by atoms with van der Waals surface area (Å²) in [4.78, 5) is 0. The Balaban J connectivity index is 2.54. The van der Waals surface area contributed by atoms with E-state index in [1.807, 2.05) is 10.7 Å². The summed E-state index contributed by atoms with van der Waals surface area (Å²) >= 11 is 0. The quantitative estimate of drug-likeness (QED) is 0.465. The van der Waals surface area contributed by atoms with Crippen LogP contribution in [-0.4, -0.2) is 16.3 Å². The first-order chi connectivity index (χ1) is 3.97. The third kappa shape index (κ3) is 0.358. The summed E-state index contributed by atoms with van der Waals surface area (Å²) in [6.45, 7) is 1.87. The van der Waals surface area contributed by atoms with Gasteiger partial charge in [-0.2, -0.15) is 5.10 Å². The molecule has 0 fully saturated rings. The Bertz CT molecular complexity index is 173. The summed E-state index contributed by atoms with van der Waals surface area (Å²) < 4.78 is 1.90. The Kier molecular flexibility index (Phi) is 0.614. The lowest BCUT2D eigenvalue weighted by atomic mass is 10.6. The number of hydrogen-bond acceptors (Lipinski definition) is 1. The molecule has 0 aliphatic carbocycles. The predicted molar refractivity (Wildman–Crippen MR) is 28.9 cm³/mol. The van der Waals surface area contributed by atoms with Crippen molar-refractivity contribution in [2.75, 3.05) is 6.54 Å². The fourth-order valence-electron chi connectivity index (χ4n) is 0.892. The lowest BCUT2D eigenvalue weighted by Crippen LogP contribution is -1.94. The van der Waals surface area contributed by atoms with Crippen LogP contribution in [0.3, 0.4) is 0 Å². The molecule has 0 spiro atoms. The predicted octanol–water partition coefficient (Wildman–Crippen LogP) is 0.133. The van der Waals surface area contributed by atoms with Crippen LogP contribution in [0.15, 0.2) is 12.3 Å². The lowest BCUT2D eigenvalue weighted by molar-refractivity contribution is 0.687. The van der Waals surface area contributed by atoms with Crippen molar-refractivity contribution in [1.29, 1.82) is 0 Å². The van der Waals surface area contributed by atoms with E-state index in [1.165, 1.54) is 0 Å². The summed E-state index contributed by atoms with van der Waals surface area (Å²) in [6, 6.07) is 1.92. The van der Waals surface area contributed by atoms with Gasteiger partial charge in [0.1, 0.15) is 5.82 Å². The molecule has 3 heteroatoms. The van der Waals surface area contributed by atoms with Gasteiger partial charge in [-0.05, 0) is 0 Å². The molecule has 1 aliphatic rings. The van der Waals surface area contributed by atoms with Crippen LogP contribution in [0, 0.1) is 0 Å². The summed E-state index contributed by atoms with van der Waals surface area (Å²) in [5.74, 6) is 1.02. The first kappa shape index (κ1) is 3.95.